The van der Waals surface area contributed by atoms with Crippen molar-refractivity contribution in [2.45, 2.75) is 24.6 Å². The first-order valence-corrected chi connectivity index (χ1v) is 8.34. The highest BCUT2D eigenvalue weighted by molar-refractivity contribution is 6.17. The quantitative estimate of drug-likeness (QED) is 0.803. The highest BCUT2D eigenvalue weighted by Crippen LogP contribution is 2.36. The monoisotopic (exact) mass is 283 g/mol. The van der Waals surface area contributed by atoms with Gasteiger partial charge in [0.15, 0.2) is 0 Å². The third-order valence-corrected chi connectivity index (χ3v) is 5.19. The van der Waals surface area contributed by atoms with Crippen LogP contribution in [0.4, 0.5) is 11.4 Å². The van der Waals surface area contributed by atoms with Gasteiger partial charge in [-0.1, -0.05) is 36.4 Å². The van der Waals surface area contributed by atoms with E-state index >= 15 is 0 Å². The molecule has 20 heavy (non-hydrogen) atoms. The standard InChI is InChI=1S/C17H21NOSi/c20-17(13-7-8-14-19-17)18(15-9-3-1-4-10-15)16-11-5-2-6-12-16/h1-6,9-12H,7-8,13-14H2,20H3. The van der Waals surface area contributed by atoms with Gasteiger partial charge in [-0.15, -0.1) is 0 Å². The molecule has 3 heteroatoms. The van der Waals surface area contributed by atoms with Crippen LogP contribution in [0.5, 0.6) is 0 Å². The number of nitrogens with zero attached hydrogens (tertiary/aromatic N) is 1. The first-order chi connectivity index (χ1) is 9.80. The van der Waals surface area contributed by atoms with Crippen molar-refractivity contribution in [2.75, 3.05) is 11.5 Å². The average molecular weight is 283 g/mol. The molecule has 1 aliphatic rings. The van der Waals surface area contributed by atoms with Crippen molar-refractivity contribution in [3.63, 3.8) is 0 Å². The van der Waals surface area contributed by atoms with Crippen LogP contribution in [0.25, 0.3) is 0 Å². The van der Waals surface area contributed by atoms with Gasteiger partial charge in [-0.25, -0.2) is 0 Å². The molecule has 0 aromatic heterocycles. The van der Waals surface area contributed by atoms with Crippen LogP contribution in [-0.4, -0.2) is 22.2 Å². The van der Waals surface area contributed by atoms with Crippen molar-refractivity contribution >= 4 is 21.6 Å². The lowest BCUT2D eigenvalue weighted by Crippen LogP contribution is -2.51. The smallest absolute Gasteiger partial charge is 0.119 e. The summed E-state index contributed by atoms with van der Waals surface area (Å²) in [6.45, 7) is 0.875. The van der Waals surface area contributed by atoms with Gasteiger partial charge in [0.1, 0.15) is 5.35 Å². The molecule has 0 N–H and O–H groups in total. The van der Waals surface area contributed by atoms with E-state index in [9.17, 15) is 0 Å². The van der Waals surface area contributed by atoms with Gasteiger partial charge in [0.2, 0.25) is 0 Å². The van der Waals surface area contributed by atoms with Crippen LogP contribution >= 0.6 is 0 Å². The maximum absolute atomic E-state index is 6.22. The maximum Gasteiger partial charge on any atom is 0.119 e. The predicted molar refractivity (Wildman–Crippen MR) is 87.5 cm³/mol. The number of benzene rings is 2. The lowest BCUT2D eigenvalue weighted by molar-refractivity contribution is -0.0125. The summed E-state index contributed by atoms with van der Waals surface area (Å²) in [6, 6.07) is 21.2. The topological polar surface area (TPSA) is 12.5 Å². The zero-order valence-electron chi connectivity index (χ0n) is 12.0. The number of para-hydroxylation sites is 2. The molecule has 2 aromatic rings. The van der Waals surface area contributed by atoms with Gasteiger partial charge < -0.3 is 9.64 Å². The second kappa shape index (κ2) is 5.81. The largest absolute Gasteiger partial charge is 0.360 e. The normalized spacial score (nSPS) is 22.6. The number of hydrogen-bond donors (Lipinski definition) is 0. The molecule has 1 heterocycles. The molecule has 104 valence electrons. The Morgan fingerprint density at radius 3 is 1.85 bits per heavy atom. The van der Waals surface area contributed by atoms with Gasteiger partial charge in [-0.05, 0) is 43.5 Å². The molecule has 2 aromatic carbocycles. The SMILES string of the molecule is [SiH3]C1(N(c2ccccc2)c2ccccc2)CCCCO1. The Morgan fingerprint density at radius 2 is 1.40 bits per heavy atom. The minimum Gasteiger partial charge on any atom is -0.360 e. The summed E-state index contributed by atoms with van der Waals surface area (Å²) >= 11 is 0. The van der Waals surface area contributed by atoms with Crippen molar-refractivity contribution in [3.8, 4) is 0 Å². The highest BCUT2D eigenvalue weighted by Gasteiger charge is 2.35. The zero-order chi connectivity index (χ0) is 13.8. The third kappa shape index (κ3) is 2.64. The van der Waals surface area contributed by atoms with E-state index < -0.39 is 0 Å². The molecule has 0 aliphatic carbocycles. The zero-order valence-corrected chi connectivity index (χ0v) is 14.0. The van der Waals surface area contributed by atoms with E-state index in [0.29, 0.717) is 0 Å². The van der Waals surface area contributed by atoms with Crippen LogP contribution in [0.15, 0.2) is 60.7 Å². The molecule has 0 saturated carbocycles. The van der Waals surface area contributed by atoms with E-state index in [1.165, 1.54) is 24.2 Å². The Labute approximate surface area is 123 Å². The molecule has 1 fully saturated rings. The average Bonchev–Trinajstić information content (AvgIpc) is 2.50. The van der Waals surface area contributed by atoms with Crippen LogP contribution in [0.2, 0.25) is 0 Å². The van der Waals surface area contributed by atoms with Gasteiger partial charge in [0, 0.05) is 18.0 Å². The van der Waals surface area contributed by atoms with Crippen LogP contribution in [0, 0.1) is 0 Å². The van der Waals surface area contributed by atoms with Crippen molar-refractivity contribution in [3.05, 3.63) is 60.7 Å². The third-order valence-electron chi connectivity index (χ3n) is 3.95. The molecule has 0 radical (unpaired) electrons. The summed E-state index contributed by atoms with van der Waals surface area (Å²) < 4.78 is 6.22. The minimum absolute atomic E-state index is 0.124. The van der Waals surface area contributed by atoms with Crippen LogP contribution in [0.3, 0.4) is 0 Å². The Kier molecular flexibility index (Phi) is 3.90. The Hall–Kier alpha value is -1.58. The Morgan fingerprint density at radius 1 is 0.850 bits per heavy atom. The second-order valence-corrected chi connectivity index (χ2v) is 7.05. The first-order valence-electron chi connectivity index (χ1n) is 7.34. The minimum atomic E-state index is -0.124. The molecule has 2 nitrogen and oxygen atoms in total. The van der Waals surface area contributed by atoms with Crippen molar-refractivity contribution in [1.82, 2.24) is 0 Å². The molecule has 3 rings (SSSR count). The molecule has 1 atom stereocenters. The summed E-state index contributed by atoms with van der Waals surface area (Å²) in [5.41, 5.74) is 2.44. The molecule has 1 saturated heterocycles. The van der Waals surface area contributed by atoms with E-state index in [4.69, 9.17) is 4.74 Å². The fourth-order valence-electron chi connectivity index (χ4n) is 2.95. The van der Waals surface area contributed by atoms with Crippen molar-refractivity contribution < 1.29 is 4.74 Å². The second-order valence-electron chi connectivity index (χ2n) is 5.49. The van der Waals surface area contributed by atoms with Crippen LogP contribution in [-0.2, 0) is 4.74 Å². The highest BCUT2D eigenvalue weighted by atomic mass is 28.1. The van der Waals surface area contributed by atoms with Crippen LogP contribution < -0.4 is 4.90 Å². The summed E-state index contributed by atoms with van der Waals surface area (Å²) in [6.07, 6.45) is 3.55. The van der Waals surface area contributed by atoms with E-state index in [1.54, 1.807) is 0 Å². The van der Waals surface area contributed by atoms with E-state index in [0.717, 1.165) is 23.3 Å². The molecule has 0 spiro atoms. The summed E-state index contributed by atoms with van der Waals surface area (Å²) in [7, 11) is 0.987. The molecule has 1 unspecified atom stereocenters. The summed E-state index contributed by atoms with van der Waals surface area (Å²) in [5.74, 6) is 0. The van der Waals surface area contributed by atoms with Gasteiger partial charge >= 0.3 is 0 Å². The molecular weight excluding hydrogens is 262 g/mol. The molecule has 0 amide bonds. The number of rotatable bonds is 3. The number of hydrogen-bond acceptors (Lipinski definition) is 2. The fraction of sp³-hybridized carbons (Fsp3) is 0.294. The van der Waals surface area contributed by atoms with E-state index in [1.807, 2.05) is 0 Å². The fourth-order valence-corrected chi connectivity index (χ4v) is 4.02. The first kappa shape index (κ1) is 13.4. The van der Waals surface area contributed by atoms with Gasteiger partial charge in [-0.2, -0.15) is 0 Å². The van der Waals surface area contributed by atoms with Gasteiger partial charge in [0.05, 0.1) is 10.2 Å². The number of anilines is 2. The Bertz CT molecular complexity index is 498. The predicted octanol–water partition coefficient (Wildman–Crippen LogP) is 3.04. The Balaban J connectivity index is 2.04. The lowest BCUT2D eigenvalue weighted by Gasteiger charge is -2.45. The van der Waals surface area contributed by atoms with Gasteiger partial charge in [0.25, 0.3) is 0 Å². The maximum atomic E-state index is 6.22. The molecular formula is C17H21NOSi. The van der Waals surface area contributed by atoms with Crippen molar-refractivity contribution in [2.24, 2.45) is 0 Å². The number of ether oxygens (including phenoxy) is 1. The van der Waals surface area contributed by atoms with Crippen LogP contribution in [0.1, 0.15) is 19.3 Å². The summed E-state index contributed by atoms with van der Waals surface area (Å²) in [5, 5.41) is -0.124. The van der Waals surface area contributed by atoms with E-state index in [2.05, 4.69) is 65.6 Å². The van der Waals surface area contributed by atoms with Crippen molar-refractivity contribution in [1.29, 1.82) is 0 Å². The lowest BCUT2D eigenvalue weighted by atomic mass is 10.1. The summed E-state index contributed by atoms with van der Waals surface area (Å²) in [4.78, 5) is 2.39. The van der Waals surface area contributed by atoms with Gasteiger partial charge in [-0.3, -0.25) is 0 Å². The molecule has 0 bridgehead atoms. The molecule has 1 aliphatic heterocycles. The van der Waals surface area contributed by atoms with E-state index in [-0.39, 0.29) is 5.35 Å².